The Morgan fingerprint density at radius 1 is 0.750 bits per heavy atom. The molecule has 2 heterocycles. The number of urea groups is 1. The van der Waals surface area contributed by atoms with E-state index in [2.05, 4.69) is 57.3 Å². The number of amides is 2. The van der Waals surface area contributed by atoms with Gasteiger partial charge in [0.15, 0.2) is 6.29 Å². The fraction of sp³-hybridized carbons (Fsp3) is 0.220. The van der Waals surface area contributed by atoms with E-state index in [4.69, 9.17) is 9.47 Å². The zero-order valence-electron chi connectivity index (χ0n) is 28.7. The molecule has 0 unspecified atom stereocenters. The molecule has 1 saturated heterocycles. The molecular formula is C41H40N6O4S. The topological polar surface area (TPSA) is 123 Å². The van der Waals surface area contributed by atoms with Crippen LogP contribution in [-0.4, -0.2) is 43.2 Å². The smallest absolute Gasteiger partial charge is 0.315 e. The second-order valence-corrected chi connectivity index (χ2v) is 13.7. The largest absolute Gasteiger partial charge is 0.392 e. The maximum absolute atomic E-state index is 12.5. The van der Waals surface area contributed by atoms with E-state index in [-0.39, 0.29) is 30.8 Å². The average molecular weight is 713 g/mol. The highest BCUT2D eigenvalue weighted by Gasteiger charge is 2.38. The van der Waals surface area contributed by atoms with Gasteiger partial charge < -0.3 is 25.2 Å². The molecule has 0 saturated carbocycles. The molecule has 264 valence electrons. The fourth-order valence-electron chi connectivity index (χ4n) is 6.22. The van der Waals surface area contributed by atoms with E-state index in [0.717, 1.165) is 44.6 Å². The van der Waals surface area contributed by atoms with Crippen LogP contribution in [0.5, 0.6) is 0 Å². The van der Waals surface area contributed by atoms with Crippen LogP contribution in [0.25, 0.3) is 16.8 Å². The van der Waals surface area contributed by atoms with Crippen molar-refractivity contribution in [1.82, 2.24) is 30.8 Å². The van der Waals surface area contributed by atoms with Gasteiger partial charge in [-0.25, -0.2) is 4.79 Å². The van der Waals surface area contributed by atoms with Crippen LogP contribution in [0, 0.1) is 5.92 Å². The number of rotatable bonds is 12. The Hall–Kier alpha value is -5.33. The molecule has 7 rings (SSSR count). The highest BCUT2D eigenvalue weighted by molar-refractivity contribution is 7.99. The van der Waals surface area contributed by atoms with Gasteiger partial charge >= 0.3 is 6.03 Å². The van der Waals surface area contributed by atoms with Crippen molar-refractivity contribution in [2.75, 3.05) is 5.75 Å². The quantitative estimate of drug-likeness (QED) is 0.112. The van der Waals surface area contributed by atoms with Gasteiger partial charge in [-0.2, -0.15) is 4.68 Å². The lowest BCUT2D eigenvalue weighted by atomic mass is 9.91. The Balaban J connectivity index is 1.08. The molecule has 1 fully saturated rings. The summed E-state index contributed by atoms with van der Waals surface area (Å²) in [6.07, 6.45) is -1.08. The third-order valence-electron chi connectivity index (χ3n) is 9.11. The van der Waals surface area contributed by atoms with E-state index >= 15 is 0 Å². The van der Waals surface area contributed by atoms with Gasteiger partial charge in [0.25, 0.3) is 0 Å². The Bertz CT molecular complexity index is 2060. The van der Waals surface area contributed by atoms with Crippen LogP contribution in [-0.2, 0) is 29.2 Å². The summed E-state index contributed by atoms with van der Waals surface area (Å²) >= 11 is 1.55. The number of para-hydroxylation sites is 1. The minimum atomic E-state index is -0.632. The van der Waals surface area contributed by atoms with E-state index in [1.54, 1.807) is 16.4 Å². The maximum atomic E-state index is 12.5. The van der Waals surface area contributed by atoms with E-state index in [1.807, 2.05) is 109 Å². The van der Waals surface area contributed by atoms with Crippen molar-refractivity contribution in [3.8, 4) is 16.8 Å². The number of hydrogen-bond donors (Lipinski definition) is 3. The predicted molar refractivity (Wildman–Crippen MR) is 200 cm³/mol. The second kappa shape index (κ2) is 16.8. The lowest BCUT2D eigenvalue weighted by molar-refractivity contribution is -0.268. The van der Waals surface area contributed by atoms with Gasteiger partial charge in [0.1, 0.15) is 0 Å². The number of benzene rings is 5. The molecule has 5 aromatic carbocycles. The predicted octanol–water partition coefficient (Wildman–Crippen LogP) is 7.40. The summed E-state index contributed by atoms with van der Waals surface area (Å²) in [4.78, 5) is 12.5. The number of aliphatic hydroxyl groups is 1. The number of thioether (sulfide) groups is 1. The van der Waals surface area contributed by atoms with Crippen molar-refractivity contribution in [1.29, 1.82) is 0 Å². The molecule has 52 heavy (non-hydrogen) atoms. The normalized spacial score (nSPS) is 18.5. The summed E-state index contributed by atoms with van der Waals surface area (Å²) in [5, 5.41) is 28.7. The number of nitrogens with one attached hydrogen (secondary N) is 2. The molecule has 6 aromatic rings. The molecular weight excluding hydrogens is 673 g/mol. The maximum Gasteiger partial charge on any atom is 0.315 e. The molecule has 11 heteroatoms. The number of ether oxygens (including phenoxy) is 2. The van der Waals surface area contributed by atoms with Gasteiger partial charge in [0, 0.05) is 30.3 Å². The van der Waals surface area contributed by atoms with Gasteiger partial charge in [0.2, 0.25) is 5.16 Å². The summed E-state index contributed by atoms with van der Waals surface area (Å²) in [6.45, 7) is 2.98. The monoisotopic (exact) mass is 712 g/mol. The fourth-order valence-corrected chi connectivity index (χ4v) is 7.27. The third-order valence-corrected chi connectivity index (χ3v) is 10.1. The van der Waals surface area contributed by atoms with E-state index < -0.39 is 6.29 Å². The zero-order chi connectivity index (χ0) is 35.7. The first-order valence-corrected chi connectivity index (χ1v) is 18.2. The second-order valence-electron chi connectivity index (χ2n) is 12.7. The highest BCUT2D eigenvalue weighted by atomic mass is 32.2. The first-order chi connectivity index (χ1) is 25.5. The number of nitrogens with zero attached hydrogens (tertiary/aromatic N) is 4. The minimum absolute atomic E-state index is 0.00189. The van der Waals surface area contributed by atoms with Gasteiger partial charge in [-0.05, 0) is 68.1 Å². The molecule has 0 spiro atoms. The van der Waals surface area contributed by atoms with Crippen LogP contribution in [0.2, 0.25) is 0 Å². The Morgan fingerprint density at radius 2 is 1.42 bits per heavy atom. The molecule has 1 aliphatic heterocycles. The van der Waals surface area contributed by atoms with Crippen LogP contribution in [0.15, 0.2) is 139 Å². The van der Waals surface area contributed by atoms with Crippen LogP contribution in [0.3, 0.4) is 0 Å². The Labute approximate surface area is 307 Å². The van der Waals surface area contributed by atoms with Crippen LogP contribution in [0.1, 0.15) is 47.1 Å². The lowest BCUT2D eigenvalue weighted by Gasteiger charge is -2.41. The molecule has 3 N–H and O–H groups in total. The van der Waals surface area contributed by atoms with Crippen LogP contribution in [0.4, 0.5) is 4.79 Å². The van der Waals surface area contributed by atoms with Crippen molar-refractivity contribution in [3.63, 3.8) is 0 Å². The zero-order valence-corrected chi connectivity index (χ0v) is 29.5. The first kappa shape index (κ1) is 35.1. The summed E-state index contributed by atoms with van der Waals surface area (Å²) in [5.74, 6) is 0.606. The van der Waals surface area contributed by atoms with Crippen molar-refractivity contribution < 1.29 is 19.4 Å². The molecule has 4 atom stereocenters. The molecule has 0 radical (unpaired) electrons. The lowest BCUT2D eigenvalue weighted by Crippen LogP contribution is -2.38. The molecule has 2 amide bonds. The molecule has 1 aromatic heterocycles. The van der Waals surface area contributed by atoms with Crippen molar-refractivity contribution in [3.05, 3.63) is 161 Å². The van der Waals surface area contributed by atoms with E-state index in [9.17, 15) is 9.90 Å². The average Bonchev–Trinajstić information content (AvgIpc) is 3.68. The minimum Gasteiger partial charge on any atom is -0.392 e. The number of carbonyl (C=O) groups is 1. The Morgan fingerprint density at radius 3 is 2.17 bits per heavy atom. The molecule has 10 nitrogen and oxygen atoms in total. The highest BCUT2D eigenvalue weighted by Crippen LogP contribution is 2.43. The van der Waals surface area contributed by atoms with Crippen LogP contribution < -0.4 is 10.6 Å². The standard InChI is InChI=1S/C41H40N6O4S/c1-28-37(27-52-41-44-45-46-47(41)36-16-6-3-7-17-36)50-39(51-38(28)32-20-18-30(26-48)19-21-32)35-15-9-14-34(23-35)33-13-8-12-31(22-33)25-43-40(49)42-24-29-10-4-2-5-11-29/h2-23,28,37-39,48H,24-27H2,1H3,(H2,42,43,49)/t28-,37+,38+,39+/m1/s1. The van der Waals surface area contributed by atoms with Crippen molar-refractivity contribution >= 4 is 17.8 Å². The third kappa shape index (κ3) is 8.58. The summed E-state index contributed by atoms with van der Waals surface area (Å²) in [7, 11) is 0. The molecule has 1 aliphatic rings. The van der Waals surface area contributed by atoms with Crippen LogP contribution >= 0.6 is 11.8 Å². The Kier molecular flexibility index (Phi) is 11.3. The summed E-state index contributed by atoms with van der Waals surface area (Å²) < 4.78 is 15.2. The number of aliphatic hydroxyl groups excluding tert-OH is 1. The summed E-state index contributed by atoms with van der Waals surface area (Å²) in [6, 6.07) is 43.7. The van der Waals surface area contributed by atoms with E-state index in [1.165, 1.54) is 0 Å². The summed E-state index contributed by atoms with van der Waals surface area (Å²) in [5.41, 5.74) is 7.71. The molecule has 0 bridgehead atoms. The number of hydrogen-bond acceptors (Lipinski definition) is 8. The SMILES string of the molecule is C[C@@H]1[C@H](CSc2nnnn2-c2ccccc2)O[C@H](c2cccc(-c3cccc(CNC(=O)NCc4ccccc4)c3)c2)O[C@@H]1c1ccc(CO)cc1. The van der Waals surface area contributed by atoms with Crippen molar-refractivity contribution in [2.24, 2.45) is 5.92 Å². The number of carbonyl (C=O) groups excluding carboxylic acids is 1. The van der Waals surface area contributed by atoms with Gasteiger partial charge in [0.05, 0.1) is 24.5 Å². The van der Waals surface area contributed by atoms with Gasteiger partial charge in [-0.3, -0.25) is 0 Å². The number of tetrazole rings is 1. The van der Waals surface area contributed by atoms with Gasteiger partial charge in [-0.15, -0.1) is 5.10 Å². The van der Waals surface area contributed by atoms with E-state index in [0.29, 0.717) is 24.0 Å². The number of aromatic nitrogens is 4. The first-order valence-electron chi connectivity index (χ1n) is 17.3. The molecule has 0 aliphatic carbocycles. The van der Waals surface area contributed by atoms with Gasteiger partial charge in [-0.1, -0.05) is 128 Å². The van der Waals surface area contributed by atoms with Crippen molar-refractivity contribution in [2.45, 2.75) is 50.3 Å².